The van der Waals surface area contributed by atoms with Crippen molar-refractivity contribution in [3.63, 3.8) is 0 Å². The molecule has 0 radical (unpaired) electrons. The molecule has 3 nitrogen and oxygen atoms in total. The predicted molar refractivity (Wildman–Crippen MR) is 75.7 cm³/mol. The topological polar surface area (TPSA) is 38.3 Å². The van der Waals surface area contributed by atoms with E-state index in [1.807, 2.05) is 6.92 Å². The Labute approximate surface area is 118 Å². The number of rotatable bonds is 3. The van der Waals surface area contributed by atoms with Gasteiger partial charge in [0.15, 0.2) is 0 Å². The van der Waals surface area contributed by atoms with E-state index in [1.165, 1.54) is 19.3 Å². The third-order valence-corrected chi connectivity index (χ3v) is 5.85. The Balaban J connectivity index is 1.84. The largest absolute Gasteiger partial charge is 0.374 e. The second kappa shape index (κ2) is 5.91. The molecule has 0 bridgehead atoms. The summed E-state index contributed by atoms with van der Waals surface area (Å²) < 4.78 is 5.73. The van der Waals surface area contributed by atoms with Gasteiger partial charge in [-0.1, -0.05) is 29.3 Å². The first-order valence-corrected chi connectivity index (χ1v) is 7.99. The monoisotopic (exact) mass is 317 g/mol. The lowest BCUT2D eigenvalue weighted by atomic mass is 9.88. The number of carbonyl (C=O) groups excluding carboxylic acids is 1. The highest BCUT2D eigenvalue weighted by atomic mass is 79.9. The van der Waals surface area contributed by atoms with Gasteiger partial charge in [0.2, 0.25) is 5.91 Å². The average Bonchev–Trinajstić information content (AvgIpc) is 2.81. The second-order valence-corrected chi connectivity index (χ2v) is 7.06. The van der Waals surface area contributed by atoms with Crippen molar-refractivity contribution >= 4 is 21.8 Å². The van der Waals surface area contributed by atoms with E-state index in [1.54, 1.807) is 0 Å². The molecule has 1 amide bonds. The zero-order valence-corrected chi connectivity index (χ0v) is 13.1. The van der Waals surface area contributed by atoms with Crippen molar-refractivity contribution in [3.8, 4) is 0 Å². The van der Waals surface area contributed by atoms with Gasteiger partial charge in [0.1, 0.15) is 0 Å². The Kier molecular flexibility index (Phi) is 4.70. The Bertz CT molecular complexity index is 310. The van der Waals surface area contributed by atoms with Crippen LogP contribution in [0.1, 0.15) is 40.0 Å². The first kappa shape index (κ1) is 14.3. The van der Waals surface area contributed by atoms with Crippen LogP contribution in [0.3, 0.4) is 0 Å². The molecule has 1 aliphatic heterocycles. The molecule has 4 heteroatoms. The third-order valence-electron chi connectivity index (χ3n) is 4.65. The molecular formula is C14H24BrNO2. The zero-order chi connectivity index (χ0) is 13.3. The number of alkyl halides is 1. The minimum atomic E-state index is 0.00942. The third kappa shape index (κ3) is 2.90. The molecule has 0 aromatic carbocycles. The van der Waals surface area contributed by atoms with Crippen LogP contribution in [0.4, 0.5) is 0 Å². The minimum Gasteiger partial charge on any atom is -0.374 e. The van der Waals surface area contributed by atoms with E-state index in [9.17, 15) is 4.79 Å². The molecule has 0 spiro atoms. The summed E-state index contributed by atoms with van der Waals surface area (Å²) in [6.45, 7) is 6.98. The van der Waals surface area contributed by atoms with Gasteiger partial charge in [0, 0.05) is 11.4 Å². The average molecular weight is 318 g/mol. The molecule has 18 heavy (non-hydrogen) atoms. The highest BCUT2D eigenvalue weighted by Gasteiger charge is 2.41. The van der Waals surface area contributed by atoms with Crippen molar-refractivity contribution in [1.82, 2.24) is 5.32 Å². The van der Waals surface area contributed by atoms with Gasteiger partial charge in [-0.3, -0.25) is 4.79 Å². The summed E-state index contributed by atoms with van der Waals surface area (Å²) in [4.78, 5) is 12.8. The smallest absolute Gasteiger partial charge is 0.226 e. The fourth-order valence-electron chi connectivity index (χ4n) is 3.29. The number of nitrogens with one attached hydrogen (secondary N) is 1. The van der Waals surface area contributed by atoms with Crippen molar-refractivity contribution in [2.75, 3.05) is 6.54 Å². The summed E-state index contributed by atoms with van der Waals surface area (Å²) in [7, 11) is 0. The second-order valence-electron chi connectivity index (χ2n) is 5.88. The normalized spacial score (nSPS) is 44.2. The number of halogens is 1. The molecular weight excluding hydrogens is 294 g/mol. The first-order valence-electron chi connectivity index (χ1n) is 7.08. The Morgan fingerprint density at radius 2 is 2.00 bits per heavy atom. The summed E-state index contributed by atoms with van der Waals surface area (Å²) in [5.41, 5.74) is 0. The zero-order valence-electron chi connectivity index (χ0n) is 11.5. The molecule has 0 aromatic heterocycles. The molecule has 2 rings (SSSR count). The Morgan fingerprint density at radius 1 is 1.28 bits per heavy atom. The SMILES string of the molecule is CC1OC(C)C(C(=O)NCC2CCCC2Br)C1C. The molecule has 6 unspecified atom stereocenters. The molecule has 1 heterocycles. The lowest BCUT2D eigenvalue weighted by Gasteiger charge is -2.20. The van der Waals surface area contributed by atoms with Gasteiger partial charge >= 0.3 is 0 Å². The molecule has 1 N–H and O–H groups in total. The molecule has 2 aliphatic rings. The number of amides is 1. The first-order chi connectivity index (χ1) is 8.50. The van der Waals surface area contributed by atoms with Gasteiger partial charge < -0.3 is 10.1 Å². The Morgan fingerprint density at radius 3 is 2.50 bits per heavy atom. The number of ether oxygens (including phenoxy) is 1. The molecule has 104 valence electrons. The van der Waals surface area contributed by atoms with Gasteiger partial charge in [-0.2, -0.15) is 0 Å². The van der Waals surface area contributed by atoms with Crippen LogP contribution in [-0.2, 0) is 9.53 Å². The van der Waals surface area contributed by atoms with Crippen LogP contribution < -0.4 is 5.32 Å². The standard InChI is InChI=1S/C14H24BrNO2/c1-8-9(2)18-10(3)13(8)14(17)16-7-11-5-4-6-12(11)15/h8-13H,4-7H2,1-3H3,(H,16,17). The summed E-state index contributed by atoms with van der Waals surface area (Å²) in [6, 6.07) is 0. The molecule has 1 saturated heterocycles. The van der Waals surface area contributed by atoms with E-state index in [4.69, 9.17) is 4.74 Å². The maximum Gasteiger partial charge on any atom is 0.226 e. The quantitative estimate of drug-likeness (QED) is 0.813. The minimum absolute atomic E-state index is 0.00942. The number of hydrogen-bond acceptors (Lipinski definition) is 2. The number of hydrogen-bond donors (Lipinski definition) is 1. The molecule has 1 saturated carbocycles. The van der Waals surface area contributed by atoms with Crippen molar-refractivity contribution in [2.45, 2.75) is 57.1 Å². The van der Waals surface area contributed by atoms with Gasteiger partial charge in [-0.15, -0.1) is 0 Å². The van der Waals surface area contributed by atoms with Crippen LogP contribution >= 0.6 is 15.9 Å². The summed E-state index contributed by atoms with van der Waals surface area (Å²) >= 11 is 3.70. The van der Waals surface area contributed by atoms with Gasteiger partial charge in [0.25, 0.3) is 0 Å². The van der Waals surface area contributed by atoms with Crippen LogP contribution in [0, 0.1) is 17.8 Å². The lowest BCUT2D eigenvalue weighted by Crippen LogP contribution is -2.40. The van der Waals surface area contributed by atoms with Gasteiger partial charge in [-0.05, 0) is 38.5 Å². The van der Waals surface area contributed by atoms with Crippen LogP contribution in [0.15, 0.2) is 0 Å². The fraction of sp³-hybridized carbons (Fsp3) is 0.929. The maximum absolute atomic E-state index is 12.3. The van der Waals surface area contributed by atoms with Crippen molar-refractivity contribution < 1.29 is 9.53 Å². The summed E-state index contributed by atoms with van der Waals surface area (Å²) in [5, 5.41) is 3.13. The van der Waals surface area contributed by atoms with Gasteiger partial charge in [-0.25, -0.2) is 0 Å². The van der Waals surface area contributed by atoms with Crippen LogP contribution in [-0.4, -0.2) is 29.5 Å². The molecule has 2 fully saturated rings. The van der Waals surface area contributed by atoms with E-state index in [0.717, 1.165) is 6.54 Å². The molecule has 0 aromatic rings. The highest BCUT2D eigenvalue weighted by molar-refractivity contribution is 9.09. The fourth-order valence-corrected chi connectivity index (χ4v) is 4.06. The van der Waals surface area contributed by atoms with Crippen LogP contribution in [0.5, 0.6) is 0 Å². The predicted octanol–water partition coefficient (Wildman–Crippen LogP) is 2.73. The van der Waals surface area contributed by atoms with E-state index < -0.39 is 0 Å². The molecule has 6 atom stereocenters. The van der Waals surface area contributed by atoms with E-state index in [0.29, 0.717) is 16.7 Å². The summed E-state index contributed by atoms with van der Waals surface area (Å²) in [6.07, 6.45) is 3.95. The van der Waals surface area contributed by atoms with Gasteiger partial charge in [0.05, 0.1) is 18.1 Å². The van der Waals surface area contributed by atoms with Crippen molar-refractivity contribution in [2.24, 2.45) is 17.8 Å². The number of carbonyl (C=O) groups is 1. The van der Waals surface area contributed by atoms with Crippen LogP contribution in [0.2, 0.25) is 0 Å². The Hall–Kier alpha value is -0.0900. The van der Waals surface area contributed by atoms with E-state index in [2.05, 4.69) is 35.1 Å². The van der Waals surface area contributed by atoms with Crippen LogP contribution in [0.25, 0.3) is 0 Å². The van der Waals surface area contributed by atoms with Crippen molar-refractivity contribution in [1.29, 1.82) is 0 Å². The van der Waals surface area contributed by atoms with E-state index in [-0.39, 0.29) is 24.0 Å². The van der Waals surface area contributed by atoms with E-state index >= 15 is 0 Å². The van der Waals surface area contributed by atoms with Crippen molar-refractivity contribution in [3.05, 3.63) is 0 Å². The summed E-state index contributed by atoms with van der Waals surface area (Å²) in [5.74, 6) is 1.09. The maximum atomic E-state index is 12.3. The molecule has 1 aliphatic carbocycles. The lowest BCUT2D eigenvalue weighted by molar-refractivity contribution is -0.127. The highest BCUT2D eigenvalue weighted by Crippen LogP contribution is 2.33.